The molecule has 0 aliphatic rings. The first-order valence-corrected chi connectivity index (χ1v) is 7.20. The molecular formula is C18H20FNO2. The molecule has 2 aromatic carbocycles. The standard InChI is InChI=1S/C18H20FNO2/c1-11-5-4-6-12(2)16(11)18(22)20-13(3)17(21)14-7-9-15(19)10-8-14/h4-10,13,17,21H,1-3H3,(H,20,22). The second-order valence-corrected chi connectivity index (χ2v) is 5.53. The monoisotopic (exact) mass is 301 g/mol. The summed E-state index contributed by atoms with van der Waals surface area (Å²) in [6.45, 7) is 5.48. The van der Waals surface area contributed by atoms with Crippen LogP contribution in [0.4, 0.5) is 4.39 Å². The molecule has 0 aliphatic carbocycles. The lowest BCUT2D eigenvalue weighted by atomic mass is 10.00. The van der Waals surface area contributed by atoms with Crippen molar-refractivity contribution in [3.05, 3.63) is 70.5 Å². The van der Waals surface area contributed by atoms with Crippen LogP contribution in [-0.2, 0) is 0 Å². The maximum absolute atomic E-state index is 12.9. The van der Waals surface area contributed by atoms with Crippen molar-refractivity contribution in [3.63, 3.8) is 0 Å². The number of rotatable bonds is 4. The Morgan fingerprint density at radius 2 is 1.64 bits per heavy atom. The van der Waals surface area contributed by atoms with Crippen LogP contribution in [0.3, 0.4) is 0 Å². The Kier molecular flexibility index (Phi) is 4.93. The first-order chi connectivity index (χ1) is 10.4. The van der Waals surface area contributed by atoms with Crippen LogP contribution in [0, 0.1) is 19.7 Å². The zero-order valence-electron chi connectivity index (χ0n) is 12.9. The summed E-state index contributed by atoms with van der Waals surface area (Å²) >= 11 is 0. The molecule has 116 valence electrons. The fourth-order valence-electron chi connectivity index (χ4n) is 2.48. The fraction of sp³-hybridized carbons (Fsp3) is 0.278. The van der Waals surface area contributed by atoms with Crippen LogP contribution in [0.15, 0.2) is 42.5 Å². The Bertz CT molecular complexity index is 647. The van der Waals surface area contributed by atoms with E-state index < -0.39 is 12.1 Å². The molecule has 2 atom stereocenters. The molecule has 1 amide bonds. The van der Waals surface area contributed by atoms with Gasteiger partial charge in [0.1, 0.15) is 5.82 Å². The fourth-order valence-corrected chi connectivity index (χ4v) is 2.48. The molecule has 0 spiro atoms. The van der Waals surface area contributed by atoms with E-state index in [1.165, 1.54) is 24.3 Å². The normalized spacial score (nSPS) is 13.5. The van der Waals surface area contributed by atoms with Crippen molar-refractivity contribution in [2.24, 2.45) is 0 Å². The summed E-state index contributed by atoms with van der Waals surface area (Å²) in [5.41, 5.74) is 2.97. The second kappa shape index (κ2) is 6.71. The summed E-state index contributed by atoms with van der Waals surface area (Å²) in [6, 6.07) is 10.8. The lowest BCUT2D eigenvalue weighted by Crippen LogP contribution is -2.37. The van der Waals surface area contributed by atoms with Crippen molar-refractivity contribution in [1.82, 2.24) is 5.32 Å². The van der Waals surface area contributed by atoms with Crippen LogP contribution < -0.4 is 5.32 Å². The third-order valence-corrected chi connectivity index (χ3v) is 3.75. The number of carbonyl (C=O) groups is 1. The molecule has 2 N–H and O–H groups in total. The van der Waals surface area contributed by atoms with Crippen molar-refractivity contribution >= 4 is 5.91 Å². The van der Waals surface area contributed by atoms with Crippen LogP contribution in [0.25, 0.3) is 0 Å². The van der Waals surface area contributed by atoms with E-state index in [0.29, 0.717) is 11.1 Å². The summed E-state index contributed by atoms with van der Waals surface area (Å²) in [4.78, 5) is 12.4. The molecule has 22 heavy (non-hydrogen) atoms. The zero-order chi connectivity index (χ0) is 16.3. The third-order valence-electron chi connectivity index (χ3n) is 3.75. The van der Waals surface area contributed by atoms with E-state index in [-0.39, 0.29) is 11.7 Å². The highest BCUT2D eigenvalue weighted by Crippen LogP contribution is 2.19. The van der Waals surface area contributed by atoms with Gasteiger partial charge < -0.3 is 10.4 Å². The van der Waals surface area contributed by atoms with Crippen LogP contribution in [0.1, 0.15) is 40.1 Å². The van der Waals surface area contributed by atoms with Crippen molar-refractivity contribution in [2.45, 2.75) is 32.9 Å². The molecule has 0 radical (unpaired) electrons. The smallest absolute Gasteiger partial charge is 0.252 e. The van der Waals surface area contributed by atoms with Gasteiger partial charge in [0, 0.05) is 5.56 Å². The van der Waals surface area contributed by atoms with E-state index in [0.717, 1.165) is 11.1 Å². The third kappa shape index (κ3) is 3.52. The van der Waals surface area contributed by atoms with Crippen molar-refractivity contribution in [3.8, 4) is 0 Å². The number of amides is 1. The zero-order valence-corrected chi connectivity index (χ0v) is 12.9. The van der Waals surface area contributed by atoms with E-state index in [9.17, 15) is 14.3 Å². The van der Waals surface area contributed by atoms with Gasteiger partial charge in [-0.15, -0.1) is 0 Å². The predicted molar refractivity (Wildman–Crippen MR) is 84.2 cm³/mol. The van der Waals surface area contributed by atoms with Gasteiger partial charge >= 0.3 is 0 Å². The number of aliphatic hydroxyl groups is 1. The molecule has 3 nitrogen and oxygen atoms in total. The van der Waals surface area contributed by atoms with Crippen molar-refractivity contribution in [2.75, 3.05) is 0 Å². The summed E-state index contributed by atoms with van der Waals surface area (Å²) in [7, 11) is 0. The second-order valence-electron chi connectivity index (χ2n) is 5.53. The largest absolute Gasteiger partial charge is 0.386 e. The van der Waals surface area contributed by atoms with Crippen LogP contribution in [0.5, 0.6) is 0 Å². The highest BCUT2D eigenvalue weighted by atomic mass is 19.1. The molecule has 0 heterocycles. The predicted octanol–water partition coefficient (Wildman–Crippen LogP) is 3.29. The van der Waals surface area contributed by atoms with Gasteiger partial charge in [-0.1, -0.05) is 30.3 Å². The summed E-state index contributed by atoms with van der Waals surface area (Å²) in [6.07, 6.45) is -0.895. The molecule has 2 aromatic rings. The SMILES string of the molecule is Cc1cccc(C)c1C(=O)NC(C)C(O)c1ccc(F)cc1. The minimum Gasteiger partial charge on any atom is -0.386 e. The van der Waals surface area contributed by atoms with E-state index in [4.69, 9.17) is 0 Å². The Morgan fingerprint density at radius 3 is 2.18 bits per heavy atom. The maximum Gasteiger partial charge on any atom is 0.252 e. The van der Waals surface area contributed by atoms with Gasteiger partial charge in [-0.25, -0.2) is 4.39 Å². The minimum atomic E-state index is -0.895. The molecule has 2 unspecified atom stereocenters. The lowest BCUT2D eigenvalue weighted by molar-refractivity contribution is 0.0850. The number of benzene rings is 2. The molecule has 0 saturated heterocycles. The number of carbonyl (C=O) groups excluding carboxylic acids is 1. The van der Waals surface area contributed by atoms with Crippen LogP contribution in [0.2, 0.25) is 0 Å². The molecule has 0 saturated carbocycles. The minimum absolute atomic E-state index is 0.218. The Labute approximate surface area is 129 Å². The average molecular weight is 301 g/mol. The first kappa shape index (κ1) is 16.2. The molecule has 0 aromatic heterocycles. The quantitative estimate of drug-likeness (QED) is 0.910. The van der Waals surface area contributed by atoms with Gasteiger partial charge in [0.25, 0.3) is 5.91 Å². The topological polar surface area (TPSA) is 49.3 Å². The Balaban J connectivity index is 2.12. The van der Waals surface area contributed by atoms with Crippen LogP contribution in [-0.4, -0.2) is 17.1 Å². The number of halogens is 1. The summed E-state index contributed by atoms with van der Waals surface area (Å²) in [5.74, 6) is -0.576. The lowest BCUT2D eigenvalue weighted by Gasteiger charge is -2.21. The molecule has 4 heteroatoms. The van der Waals surface area contributed by atoms with Gasteiger partial charge in [-0.2, -0.15) is 0 Å². The highest BCUT2D eigenvalue weighted by Gasteiger charge is 2.20. The van der Waals surface area contributed by atoms with Crippen molar-refractivity contribution < 1.29 is 14.3 Å². The van der Waals surface area contributed by atoms with E-state index in [2.05, 4.69) is 5.32 Å². The molecular weight excluding hydrogens is 281 g/mol. The van der Waals surface area contributed by atoms with Gasteiger partial charge in [0.15, 0.2) is 0 Å². The number of aliphatic hydroxyl groups excluding tert-OH is 1. The van der Waals surface area contributed by atoms with Gasteiger partial charge in [-0.05, 0) is 49.6 Å². The maximum atomic E-state index is 12.9. The summed E-state index contributed by atoms with van der Waals surface area (Å²) < 4.78 is 12.9. The van der Waals surface area contributed by atoms with Gasteiger partial charge in [0.05, 0.1) is 12.1 Å². The Morgan fingerprint density at radius 1 is 1.09 bits per heavy atom. The highest BCUT2D eigenvalue weighted by molar-refractivity contribution is 5.97. The van der Waals surface area contributed by atoms with E-state index in [1.807, 2.05) is 32.0 Å². The van der Waals surface area contributed by atoms with Crippen molar-refractivity contribution in [1.29, 1.82) is 0 Å². The molecule has 0 bridgehead atoms. The van der Waals surface area contributed by atoms with E-state index in [1.54, 1.807) is 6.92 Å². The number of nitrogens with one attached hydrogen (secondary N) is 1. The molecule has 0 aliphatic heterocycles. The summed E-state index contributed by atoms with van der Waals surface area (Å²) in [5, 5.41) is 13.1. The molecule has 0 fully saturated rings. The number of hydrogen-bond donors (Lipinski definition) is 2. The number of hydrogen-bond acceptors (Lipinski definition) is 2. The van der Waals surface area contributed by atoms with Gasteiger partial charge in [0.2, 0.25) is 0 Å². The number of aryl methyl sites for hydroxylation is 2. The first-order valence-electron chi connectivity index (χ1n) is 7.20. The average Bonchev–Trinajstić information content (AvgIpc) is 2.47. The van der Waals surface area contributed by atoms with E-state index >= 15 is 0 Å². The molecule has 2 rings (SSSR count). The van der Waals surface area contributed by atoms with Gasteiger partial charge in [-0.3, -0.25) is 4.79 Å². The Hall–Kier alpha value is -2.20. The van der Waals surface area contributed by atoms with Crippen LogP contribution >= 0.6 is 0 Å².